The molecule has 0 radical (unpaired) electrons. The van der Waals surface area contributed by atoms with Crippen LogP contribution in [0, 0.1) is 0 Å². The van der Waals surface area contributed by atoms with Crippen molar-refractivity contribution in [1.82, 2.24) is 14.5 Å². The largest absolute Gasteiger partial charge is 0.379 e. The Kier molecular flexibility index (Phi) is 3.13. The van der Waals surface area contributed by atoms with Gasteiger partial charge in [-0.25, -0.2) is 4.98 Å². The van der Waals surface area contributed by atoms with Gasteiger partial charge in [0, 0.05) is 46.4 Å². The molecule has 2 unspecified atom stereocenters. The molecule has 1 spiro atoms. The Labute approximate surface area is 108 Å². The lowest BCUT2D eigenvalue weighted by molar-refractivity contribution is 0.00622. The Bertz CT molecular complexity index is 420. The minimum atomic E-state index is 0.0409. The number of hydrogen-bond donors (Lipinski definition) is 0. The van der Waals surface area contributed by atoms with Crippen molar-refractivity contribution >= 4 is 0 Å². The van der Waals surface area contributed by atoms with Crippen LogP contribution in [0.5, 0.6) is 0 Å². The zero-order valence-electron chi connectivity index (χ0n) is 11.1. The van der Waals surface area contributed by atoms with E-state index in [4.69, 9.17) is 9.47 Å². The number of aryl methyl sites for hydroxylation is 1. The fourth-order valence-corrected chi connectivity index (χ4v) is 3.07. The minimum absolute atomic E-state index is 0.0409. The van der Waals surface area contributed by atoms with Gasteiger partial charge in [-0.2, -0.15) is 0 Å². The van der Waals surface area contributed by atoms with Crippen molar-refractivity contribution < 1.29 is 9.47 Å². The molecule has 0 bridgehead atoms. The summed E-state index contributed by atoms with van der Waals surface area (Å²) in [6.07, 6.45) is 6.23. The maximum absolute atomic E-state index is 6.00. The Morgan fingerprint density at radius 2 is 2.50 bits per heavy atom. The highest BCUT2D eigenvalue weighted by atomic mass is 16.6. The molecule has 2 aliphatic rings. The number of ether oxygens (including phenoxy) is 2. The molecule has 5 nitrogen and oxygen atoms in total. The van der Waals surface area contributed by atoms with Crippen molar-refractivity contribution in [2.24, 2.45) is 7.05 Å². The highest BCUT2D eigenvalue weighted by Crippen LogP contribution is 2.36. The molecule has 0 aliphatic carbocycles. The molecule has 0 N–H and O–H groups in total. The normalized spacial score (nSPS) is 32.7. The lowest BCUT2D eigenvalue weighted by Crippen LogP contribution is -2.33. The summed E-state index contributed by atoms with van der Waals surface area (Å²) in [4.78, 5) is 6.62. The topological polar surface area (TPSA) is 39.5 Å². The van der Waals surface area contributed by atoms with Crippen molar-refractivity contribution in [1.29, 1.82) is 0 Å². The lowest BCUT2D eigenvalue weighted by atomic mass is 9.98. The SMILES string of the molecule is COC1COC2(CCN(Cc3cncn3C)C2)C1. The van der Waals surface area contributed by atoms with Crippen LogP contribution < -0.4 is 0 Å². The fourth-order valence-electron chi connectivity index (χ4n) is 3.07. The molecular weight excluding hydrogens is 230 g/mol. The predicted molar refractivity (Wildman–Crippen MR) is 67.2 cm³/mol. The second-order valence-electron chi connectivity index (χ2n) is 5.51. The number of hydrogen-bond acceptors (Lipinski definition) is 4. The van der Waals surface area contributed by atoms with Gasteiger partial charge >= 0.3 is 0 Å². The standard InChI is InChI=1S/C13H21N3O2/c1-15-10-14-6-11(15)7-16-4-3-13(9-16)5-12(17-2)8-18-13/h6,10,12H,3-5,7-9H2,1-2H3. The maximum atomic E-state index is 6.00. The van der Waals surface area contributed by atoms with E-state index in [1.807, 2.05) is 19.6 Å². The third kappa shape index (κ3) is 2.18. The molecule has 2 fully saturated rings. The van der Waals surface area contributed by atoms with E-state index in [2.05, 4.69) is 14.5 Å². The number of rotatable bonds is 3. The first-order chi connectivity index (χ1) is 8.71. The zero-order valence-corrected chi connectivity index (χ0v) is 11.1. The van der Waals surface area contributed by atoms with Gasteiger partial charge in [0.15, 0.2) is 0 Å². The van der Waals surface area contributed by atoms with Crippen LogP contribution in [0.15, 0.2) is 12.5 Å². The smallest absolute Gasteiger partial charge is 0.0945 e. The van der Waals surface area contributed by atoms with Crippen LogP contribution in [-0.4, -0.2) is 53.0 Å². The number of aromatic nitrogens is 2. The fraction of sp³-hybridized carbons (Fsp3) is 0.769. The van der Waals surface area contributed by atoms with Crippen LogP contribution in [0.25, 0.3) is 0 Å². The molecule has 5 heteroatoms. The minimum Gasteiger partial charge on any atom is -0.379 e. The van der Waals surface area contributed by atoms with Gasteiger partial charge in [-0.3, -0.25) is 4.90 Å². The molecule has 3 heterocycles. The number of likely N-dealkylation sites (tertiary alicyclic amines) is 1. The maximum Gasteiger partial charge on any atom is 0.0945 e. The summed E-state index contributed by atoms with van der Waals surface area (Å²) in [5.41, 5.74) is 1.30. The van der Waals surface area contributed by atoms with E-state index < -0.39 is 0 Å². The molecule has 2 atom stereocenters. The van der Waals surface area contributed by atoms with Gasteiger partial charge in [-0.15, -0.1) is 0 Å². The van der Waals surface area contributed by atoms with Crippen molar-refractivity contribution in [3.05, 3.63) is 18.2 Å². The predicted octanol–water partition coefficient (Wildman–Crippen LogP) is 0.800. The molecule has 0 aromatic carbocycles. The molecule has 0 saturated carbocycles. The Morgan fingerprint density at radius 3 is 3.17 bits per heavy atom. The second-order valence-corrected chi connectivity index (χ2v) is 5.51. The highest BCUT2D eigenvalue weighted by Gasteiger charge is 2.45. The molecule has 3 rings (SSSR count). The van der Waals surface area contributed by atoms with Crippen molar-refractivity contribution in [2.45, 2.75) is 31.1 Å². The average molecular weight is 251 g/mol. The van der Waals surface area contributed by atoms with Crippen LogP contribution >= 0.6 is 0 Å². The van der Waals surface area contributed by atoms with Gasteiger partial charge < -0.3 is 14.0 Å². The Hall–Kier alpha value is -0.910. The van der Waals surface area contributed by atoms with Gasteiger partial charge in [-0.05, 0) is 6.42 Å². The van der Waals surface area contributed by atoms with E-state index in [1.54, 1.807) is 7.11 Å². The van der Waals surface area contributed by atoms with Crippen LogP contribution in [0.4, 0.5) is 0 Å². The second kappa shape index (κ2) is 4.64. The van der Waals surface area contributed by atoms with E-state index in [0.717, 1.165) is 39.1 Å². The average Bonchev–Trinajstić information content (AvgIpc) is 3.05. The summed E-state index contributed by atoms with van der Waals surface area (Å²) in [5.74, 6) is 0. The summed E-state index contributed by atoms with van der Waals surface area (Å²) in [7, 11) is 3.82. The van der Waals surface area contributed by atoms with E-state index >= 15 is 0 Å². The van der Waals surface area contributed by atoms with E-state index in [0.29, 0.717) is 0 Å². The van der Waals surface area contributed by atoms with Crippen LogP contribution in [0.3, 0.4) is 0 Å². The quantitative estimate of drug-likeness (QED) is 0.796. The molecular formula is C13H21N3O2. The van der Waals surface area contributed by atoms with Crippen molar-refractivity contribution in [3.63, 3.8) is 0 Å². The van der Waals surface area contributed by atoms with Gasteiger partial charge in [0.1, 0.15) is 0 Å². The van der Waals surface area contributed by atoms with E-state index in [1.165, 1.54) is 5.69 Å². The number of imidazole rings is 1. The van der Waals surface area contributed by atoms with E-state index in [9.17, 15) is 0 Å². The first kappa shape index (κ1) is 12.1. The molecule has 100 valence electrons. The van der Waals surface area contributed by atoms with Gasteiger partial charge in [0.25, 0.3) is 0 Å². The molecule has 1 aromatic heterocycles. The van der Waals surface area contributed by atoms with Gasteiger partial charge in [0.05, 0.1) is 30.3 Å². The van der Waals surface area contributed by atoms with Crippen LogP contribution in [-0.2, 0) is 23.1 Å². The summed E-state index contributed by atoms with van der Waals surface area (Å²) < 4.78 is 13.5. The highest BCUT2D eigenvalue weighted by molar-refractivity contribution is 5.02. The number of nitrogens with zero attached hydrogens (tertiary/aromatic N) is 3. The zero-order chi connectivity index (χ0) is 12.6. The summed E-state index contributed by atoms with van der Waals surface area (Å²) in [6.45, 7) is 3.81. The third-order valence-corrected chi connectivity index (χ3v) is 4.21. The molecule has 0 amide bonds. The monoisotopic (exact) mass is 251 g/mol. The lowest BCUT2D eigenvalue weighted by Gasteiger charge is -2.23. The molecule has 1 aromatic rings. The summed E-state index contributed by atoms with van der Waals surface area (Å²) in [6, 6.07) is 0. The molecule has 2 saturated heterocycles. The third-order valence-electron chi connectivity index (χ3n) is 4.21. The van der Waals surface area contributed by atoms with E-state index in [-0.39, 0.29) is 11.7 Å². The first-order valence-corrected chi connectivity index (χ1v) is 6.55. The Morgan fingerprint density at radius 1 is 1.61 bits per heavy atom. The van der Waals surface area contributed by atoms with Crippen LogP contribution in [0.1, 0.15) is 18.5 Å². The van der Waals surface area contributed by atoms with Gasteiger partial charge in [0.2, 0.25) is 0 Å². The number of methoxy groups -OCH3 is 1. The van der Waals surface area contributed by atoms with Crippen molar-refractivity contribution in [3.8, 4) is 0 Å². The summed E-state index contributed by atoms with van der Waals surface area (Å²) >= 11 is 0. The van der Waals surface area contributed by atoms with Crippen molar-refractivity contribution in [2.75, 3.05) is 26.8 Å². The Balaban J connectivity index is 1.61. The summed E-state index contributed by atoms with van der Waals surface area (Å²) in [5, 5.41) is 0. The first-order valence-electron chi connectivity index (χ1n) is 6.55. The van der Waals surface area contributed by atoms with Crippen LogP contribution in [0.2, 0.25) is 0 Å². The van der Waals surface area contributed by atoms with Gasteiger partial charge in [-0.1, -0.05) is 0 Å². The molecule has 18 heavy (non-hydrogen) atoms. The molecule has 2 aliphatic heterocycles.